The fourth-order valence-corrected chi connectivity index (χ4v) is 2.30. The molecule has 0 radical (unpaired) electrons. The van der Waals surface area contributed by atoms with Crippen LogP contribution in [0.5, 0.6) is 0 Å². The smallest absolute Gasteiger partial charge is 0.408 e. The Bertz CT molecular complexity index is 434. The molecule has 1 amide bonds. The molecular formula is C15H21NO2. The molecule has 1 rings (SSSR count). The van der Waals surface area contributed by atoms with E-state index in [1.165, 1.54) is 4.90 Å². The van der Waals surface area contributed by atoms with Crippen molar-refractivity contribution in [2.24, 2.45) is 0 Å². The maximum absolute atomic E-state index is 11.6. The summed E-state index contributed by atoms with van der Waals surface area (Å²) in [6, 6.07) is 9.56. The number of hydrogen-bond donors (Lipinski definition) is 1. The quantitative estimate of drug-likeness (QED) is 0.824. The number of rotatable bonds is 3. The highest BCUT2D eigenvalue weighted by atomic mass is 16.4. The van der Waals surface area contributed by atoms with Gasteiger partial charge in [-0.25, -0.2) is 4.79 Å². The summed E-state index contributed by atoms with van der Waals surface area (Å²) >= 11 is 0. The van der Waals surface area contributed by atoms with Gasteiger partial charge in [-0.3, -0.25) is 4.90 Å². The van der Waals surface area contributed by atoms with E-state index in [1.807, 2.05) is 58.0 Å². The lowest BCUT2D eigenvalue weighted by atomic mass is 9.86. The van der Waals surface area contributed by atoms with Gasteiger partial charge in [-0.2, -0.15) is 0 Å². The van der Waals surface area contributed by atoms with E-state index in [1.54, 1.807) is 6.08 Å². The Morgan fingerprint density at radius 1 is 1.22 bits per heavy atom. The molecule has 1 aromatic carbocycles. The molecule has 0 aliphatic rings. The van der Waals surface area contributed by atoms with Gasteiger partial charge in [0.2, 0.25) is 0 Å². The lowest BCUT2D eigenvalue weighted by Crippen LogP contribution is -2.55. The minimum absolute atomic E-state index is 0.509. The Hall–Kier alpha value is -1.77. The minimum atomic E-state index is -0.950. The van der Waals surface area contributed by atoms with Gasteiger partial charge in [-0.15, -0.1) is 6.58 Å². The maximum Gasteiger partial charge on any atom is 0.408 e. The molecule has 0 aliphatic heterocycles. The first-order valence-corrected chi connectivity index (χ1v) is 5.96. The third-order valence-electron chi connectivity index (χ3n) is 3.08. The molecule has 1 aromatic rings. The Morgan fingerprint density at radius 2 is 1.72 bits per heavy atom. The number of hydrogen-bond acceptors (Lipinski definition) is 1. The van der Waals surface area contributed by atoms with Gasteiger partial charge < -0.3 is 5.11 Å². The summed E-state index contributed by atoms with van der Waals surface area (Å²) in [7, 11) is 0. The van der Waals surface area contributed by atoms with Crippen LogP contribution in [0.2, 0.25) is 0 Å². The standard InChI is InChI=1S/C15H21NO2/c1-6-15(5,12-10-8-7-9-11-12)16(13(17)18)14(2,3)4/h6-11H,1H2,2-5H3,(H,17,18). The molecule has 18 heavy (non-hydrogen) atoms. The van der Waals surface area contributed by atoms with Crippen LogP contribution in [-0.4, -0.2) is 21.6 Å². The van der Waals surface area contributed by atoms with Crippen LogP contribution >= 0.6 is 0 Å². The van der Waals surface area contributed by atoms with Crippen LogP contribution in [0.3, 0.4) is 0 Å². The van der Waals surface area contributed by atoms with Crippen molar-refractivity contribution in [2.45, 2.75) is 38.8 Å². The predicted molar refractivity (Wildman–Crippen MR) is 73.6 cm³/mol. The third kappa shape index (κ3) is 2.55. The minimum Gasteiger partial charge on any atom is -0.465 e. The van der Waals surface area contributed by atoms with Crippen molar-refractivity contribution in [3.8, 4) is 0 Å². The van der Waals surface area contributed by atoms with Gasteiger partial charge in [0.05, 0.1) is 5.54 Å². The van der Waals surface area contributed by atoms with Crippen molar-refractivity contribution in [1.82, 2.24) is 4.90 Å². The molecule has 3 nitrogen and oxygen atoms in total. The topological polar surface area (TPSA) is 40.5 Å². The van der Waals surface area contributed by atoms with Crippen molar-refractivity contribution in [2.75, 3.05) is 0 Å². The van der Waals surface area contributed by atoms with E-state index in [4.69, 9.17) is 0 Å². The van der Waals surface area contributed by atoms with Crippen LogP contribution in [0.15, 0.2) is 43.0 Å². The van der Waals surface area contributed by atoms with Crippen LogP contribution in [0.1, 0.15) is 33.3 Å². The summed E-state index contributed by atoms with van der Waals surface area (Å²) in [5.41, 5.74) is -0.340. The van der Waals surface area contributed by atoms with Gasteiger partial charge in [0, 0.05) is 5.54 Å². The Kier molecular flexibility index (Phi) is 3.85. The number of carboxylic acid groups (broad SMARTS) is 1. The Balaban J connectivity index is 3.38. The molecule has 3 heteroatoms. The summed E-state index contributed by atoms with van der Waals surface area (Å²) in [6.45, 7) is 11.3. The zero-order chi connectivity index (χ0) is 14.0. The van der Waals surface area contributed by atoms with Crippen molar-refractivity contribution in [3.63, 3.8) is 0 Å². The van der Waals surface area contributed by atoms with Crippen LogP contribution < -0.4 is 0 Å². The van der Waals surface area contributed by atoms with Crippen LogP contribution in [0.4, 0.5) is 4.79 Å². The zero-order valence-electron chi connectivity index (χ0n) is 11.5. The highest BCUT2D eigenvalue weighted by Crippen LogP contribution is 2.35. The number of nitrogens with zero attached hydrogens (tertiary/aromatic N) is 1. The second-order valence-corrected chi connectivity index (χ2v) is 5.51. The Labute approximate surface area is 109 Å². The maximum atomic E-state index is 11.6. The molecule has 98 valence electrons. The van der Waals surface area contributed by atoms with Crippen LogP contribution in [-0.2, 0) is 5.54 Å². The Morgan fingerprint density at radius 3 is 2.06 bits per heavy atom. The predicted octanol–water partition coefficient (Wildman–Crippen LogP) is 3.87. The average molecular weight is 247 g/mol. The largest absolute Gasteiger partial charge is 0.465 e. The normalized spacial score (nSPS) is 14.7. The molecule has 1 atom stereocenters. The molecule has 0 saturated heterocycles. The van der Waals surface area contributed by atoms with Gasteiger partial charge in [-0.05, 0) is 33.3 Å². The molecule has 0 fully saturated rings. The van der Waals surface area contributed by atoms with Gasteiger partial charge in [-0.1, -0.05) is 36.4 Å². The van der Waals surface area contributed by atoms with Gasteiger partial charge in [0.1, 0.15) is 0 Å². The van der Waals surface area contributed by atoms with Crippen LogP contribution in [0, 0.1) is 0 Å². The summed E-state index contributed by atoms with van der Waals surface area (Å²) in [5, 5.41) is 9.52. The first-order chi connectivity index (χ1) is 8.23. The van der Waals surface area contributed by atoms with E-state index >= 15 is 0 Å². The second-order valence-electron chi connectivity index (χ2n) is 5.51. The fourth-order valence-electron chi connectivity index (χ4n) is 2.30. The van der Waals surface area contributed by atoms with Crippen LogP contribution in [0.25, 0.3) is 0 Å². The molecule has 0 aliphatic carbocycles. The van der Waals surface area contributed by atoms with Crippen molar-refractivity contribution in [1.29, 1.82) is 0 Å². The third-order valence-corrected chi connectivity index (χ3v) is 3.08. The molecule has 1 N–H and O–H groups in total. The van der Waals surface area contributed by atoms with Gasteiger partial charge >= 0.3 is 6.09 Å². The van der Waals surface area contributed by atoms with E-state index in [2.05, 4.69) is 6.58 Å². The van der Waals surface area contributed by atoms with E-state index in [0.29, 0.717) is 0 Å². The number of carbonyl (C=O) groups is 1. The van der Waals surface area contributed by atoms with E-state index in [9.17, 15) is 9.90 Å². The van der Waals surface area contributed by atoms with Crippen molar-refractivity contribution in [3.05, 3.63) is 48.6 Å². The average Bonchev–Trinajstić information content (AvgIpc) is 2.27. The SMILES string of the molecule is C=CC(C)(c1ccccc1)N(C(=O)O)C(C)(C)C. The fraction of sp³-hybridized carbons (Fsp3) is 0.400. The van der Waals surface area contributed by atoms with E-state index in [0.717, 1.165) is 5.56 Å². The van der Waals surface area contributed by atoms with Gasteiger partial charge in [0.25, 0.3) is 0 Å². The number of benzene rings is 1. The lowest BCUT2D eigenvalue weighted by molar-refractivity contribution is 0.0450. The molecule has 0 heterocycles. The van der Waals surface area contributed by atoms with Gasteiger partial charge in [0.15, 0.2) is 0 Å². The molecular weight excluding hydrogens is 226 g/mol. The molecule has 0 bridgehead atoms. The van der Waals surface area contributed by atoms with Crippen molar-refractivity contribution < 1.29 is 9.90 Å². The first-order valence-electron chi connectivity index (χ1n) is 5.96. The summed E-state index contributed by atoms with van der Waals surface area (Å²) in [4.78, 5) is 13.0. The molecule has 0 saturated carbocycles. The van der Waals surface area contributed by atoms with Crippen molar-refractivity contribution >= 4 is 6.09 Å². The molecule has 1 unspecified atom stereocenters. The summed E-state index contributed by atoms with van der Waals surface area (Å²) in [6.07, 6.45) is 0.732. The molecule has 0 aromatic heterocycles. The highest BCUT2D eigenvalue weighted by Gasteiger charge is 2.41. The monoisotopic (exact) mass is 247 g/mol. The second kappa shape index (κ2) is 4.84. The van der Waals surface area contributed by atoms with E-state index < -0.39 is 17.2 Å². The number of amides is 1. The summed E-state index contributed by atoms with van der Waals surface area (Å²) < 4.78 is 0. The highest BCUT2D eigenvalue weighted by molar-refractivity contribution is 5.68. The lowest BCUT2D eigenvalue weighted by Gasteiger charge is -2.45. The van der Waals surface area contributed by atoms with E-state index in [-0.39, 0.29) is 0 Å². The zero-order valence-corrected chi connectivity index (χ0v) is 11.5. The summed E-state index contributed by atoms with van der Waals surface area (Å²) in [5.74, 6) is 0. The first kappa shape index (κ1) is 14.3. The molecule has 0 spiro atoms.